The number of rotatable bonds is 4. The topological polar surface area (TPSA) is 33.5 Å². The molecule has 0 unspecified atom stereocenters. The molecule has 1 aromatic heterocycles. The highest BCUT2D eigenvalue weighted by atomic mass is 79.9. The van der Waals surface area contributed by atoms with E-state index >= 15 is 0 Å². The summed E-state index contributed by atoms with van der Waals surface area (Å²) in [7, 11) is 0. The quantitative estimate of drug-likeness (QED) is 0.830. The molecule has 2 aliphatic carbocycles. The molecule has 19 heavy (non-hydrogen) atoms. The van der Waals surface area contributed by atoms with Crippen LogP contribution in [0.1, 0.15) is 55.3 Å². The normalized spacial score (nSPS) is 20.5. The Kier molecular flexibility index (Phi) is 3.96. The smallest absolute Gasteiger partial charge is 0.258 e. The van der Waals surface area contributed by atoms with Gasteiger partial charge in [0.1, 0.15) is 0 Å². The van der Waals surface area contributed by atoms with Gasteiger partial charge in [0.15, 0.2) is 4.67 Å². The van der Waals surface area contributed by atoms with Gasteiger partial charge in [-0.15, -0.1) is 0 Å². The third-order valence-corrected chi connectivity index (χ3v) is 4.89. The minimum atomic E-state index is 0.133. The monoisotopic (exact) mass is 325 g/mol. The van der Waals surface area contributed by atoms with E-state index in [4.69, 9.17) is 4.42 Å². The number of carbonyl (C=O) groups excluding carboxylic acids is 1. The van der Waals surface area contributed by atoms with Gasteiger partial charge in [0.2, 0.25) is 0 Å². The highest BCUT2D eigenvalue weighted by Gasteiger charge is 2.35. The van der Waals surface area contributed by atoms with Gasteiger partial charge in [-0.25, -0.2) is 0 Å². The van der Waals surface area contributed by atoms with E-state index < -0.39 is 0 Å². The molecular formula is C15H20BrNO2. The largest absolute Gasteiger partial charge is 0.457 e. The Labute approximate surface area is 122 Å². The van der Waals surface area contributed by atoms with Crippen molar-refractivity contribution in [2.75, 3.05) is 6.54 Å². The molecule has 1 aromatic rings. The Morgan fingerprint density at radius 3 is 2.58 bits per heavy atom. The van der Waals surface area contributed by atoms with Crippen LogP contribution in [0.3, 0.4) is 0 Å². The molecule has 0 saturated heterocycles. The first kappa shape index (κ1) is 13.2. The van der Waals surface area contributed by atoms with Crippen molar-refractivity contribution in [3.05, 3.63) is 22.6 Å². The number of halogens is 1. The highest BCUT2D eigenvalue weighted by molar-refractivity contribution is 9.10. The summed E-state index contributed by atoms with van der Waals surface area (Å²) < 4.78 is 5.76. The zero-order valence-electron chi connectivity index (χ0n) is 11.1. The summed E-state index contributed by atoms with van der Waals surface area (Å²) in [6, 6.07) is 2.24. The fourth-order valence-electron chi connectivity index (χ4n) is 3.03. The Bertz CT molecular complexity index is 447. The molecule has 0 bridgehead atoms. The fraction of sp³-hybridized carbons (Fsp3) is 0.667. The highest BCUT2D eigenvalue weighted by Crippen LogP contribution is 2.33. The number of hydrogen-bond donors (Lipinski definition) is 0. The summed E-state index contributed by atoms with van der Waals surface area (Å²) in [6.07, 6.45) is 10.5. The predicted molar refractivity (Wildman–Crippen MR) is 77.0 cm³/mol. The maximum Gasteiger partial charge on any atom is 0.258 e. The molecule has 1 heterocycles. The lowest BCUT2D eigenvalue weighted by Crippen LogP contribution is -2.37. The van der Waals surface area contributed by atoms with Gasteiger partial charge in [0.25, 0.3) is 5.91 Å². The second-order valence-electron chi connectivity index (χ2n) is 5.80. The van der Waals surface area contributed by atoms with Crippen molar-refractivity contribution >= 4 is 21.8 Å². The lowest BCUT2D eigenvalue weighted by atomic mass is 9.89. The molecule has 2 aliphatic rings. The summed E-state index contributed by atoms with van der Waals surface area (Å²) in [5, 5.41) is 0. The molecule has 3 nitrogen and oxygen atoms in total. The molecule has 0 atom stereocenters. The van der Waals surface area contributed by atoms with Gasteiger partial charge in [0.05, 0.1) is 11.8 Å². The zero-order chi connectivity index (χ0) is 13.2. The Hall–Kier alpha value is -0.770. The molecule has 4 heteroatoms. The van der Waals surface area contributed by atoms with Crippen LogP contribution in [-0.2, 0) is 0 Å². The van der Waals surface area contributed by atoms with Gasteiger partial charge in [0, 0.05) is 12.6 Å². The van der Waals surface area contributed by atoms with E-state index in [1.165, 1.54) is 32.1 Å². The van der Waals surface area contributed by atoms with Crippen LogP contribution < -0.4 is 0 Å². The standard InChI is InChI=1S/C15H20BrNO2/c16-14-13(8-9-19-14)15(18)17(12-6-7-12)10-11-4-2-1-3-5-11/h8-9,11-12H,1-7,10H2. The number of furan rings is 1. The van der Waals surface area contributed by atoms with E-state index in [9.17, 15) is 4.79 Å². The van der Waals surface area contributed by atoms with Crippen molar-refractivity contribution < 1.29 is 9.21 Å². The van der Waals surface area contributed by atoms with Crippen molar-refractivity contribution in [3.63, 3.8) is 0 Å². The van der Waals surface area contributed by atoms with E-state index in [1.54, 1.807) is 12.3 Å². The minimum absolute atomic E-state index is 0.133. The Morgan fingerprint density at radius 1 is 1.26 bits per heavy atom. The SMILES string of the molecule is O=C(c1ccoc1Br)N(CC1CCCCC1)C1CC1. The first-order chi connectivity index (χ1) is 9.25. The van der Waals surface area contributed by atoms with Gasteiger partial charge in [-0.3, -0.25) is 4.79 Å². The second-order valence-corrected chi connectivity index (χ2v) is 6.52. The molecule has 104 valence electrons. The molecule has 3 rings (SSSR count). The van der Waals surface area contributed by atoms with Crippen LogP contribution in [0.4, 0.5) is 0 Å². The third kappa shape index (κ3) is 3.04. The lowest BCUT2D eigenvalue weighted by Gasteiger charge is -2.29. The van der Waals surface area contributed by atoms with E-state index in [2.05, 4.69) is 20.8 Å². The average molecular weight is 326 g/mol. The van der Waals surface area contributed by atoms with Crippen molar-refractivity contribution in [3.8, 4) is 0 Å². The van der Waals surface area contributed by atoms with Crippen LogP contribution >= 0.6 is 15.9 Å². The molecule has 0 radical (unpaired) electrons. The molecular weight excluding hydrogens is 306 g/mol. The Morgan fingerprint density at radius 2 is 2.00 bits per heavy atom. The fourth-order valence-corrected chi connectivity index (χ4v) is 3.44. The summed E-state index contributed by atoms with van der Waals surface area (Å²) in [5.74, 6) is 0.831. The number of carbonyl (C=O) groups is 1. The average Bonchev–Trinajstić information content (AvgIpc) is 3.18. The molecule has 2 fully saturated rings. The Balaban J connectivity index is 1.70. The van der Waals surface area contributed by atoms with Gasteiger partial charge in [-0.05, 0) is 53.6 Å². The number of amides is 1. The van der Waals surface area contributed by atoms with E-state index in [1.807, 2.05) is 0 Å². The van der Waals surface area contributed by atoms with Crippen molar-refractivity contribution in [2.45, 2.75) is 51.0 Å². The second kappa shape index (κ2) is 5.70. The van der Waals surface area contributed by atoms with Crippen LogP contribution in [-0.4, -0.2) is 23.4 Å². The van der Waals surface area contributed by atoms with Gasteiger partial charge in [-0.1, -0.05) is 19.3 Å². The lowest BCUT2D eigenvalue weighted by molar-refractivity contribution is 0.0697. The van der Waals surface area contributed by atoms with Crippen LogP contribution in [0.5, 0.6) is 0 Å². The minimum Gasteiger partial charge on any atom is -0.457 e. The first-order valence-electron chi connectivity index (χ1n) is 7.29. The summed E-state index contributed by atoms with van der Waals surface area (Å²) in [4.78, 5) is 14.7. The van der Waals surface area contributed by atoms with Crippen LogP contribution in [0.25, 0.3) is 0 Å². The molecule has 1 amide bonds. The summed E-state index contributed by atoms with van der Waals surface area (Å²) >= 11 is 3.32. The van der Waals surface area contributed by atoms with Crippen molar-refractivity contribution in [1.29, 1.82) is 0 Å². The van der Waals surface area contributed by atoms with Crippen LogP contribution in [0, 0.1) is 5.92 Å². The maximum atomic E-state index is 12.6. The molecule has 0 spiro atoms. The number of nitrogens with zero attached hydrogens (tertiary/aromatic N) is 1. The maximum absolute atomic E-state index is 12.6. The zero-order valence-corrected chi connectivity index (χ0v) is 12.7. The number of hydrogen-bond acceptors (Lipinski definition) is 2. The van der Waals surface area contributed by atoms with Crippen molar-refractivity contribution in [2.24, 2.45) is 5.92 Å². The van der Waals surface area contributed by atoms with Crippen LogP contribution in [0.15, 0.2) is 21.4 Å². The predicted octanol–water partition coefficient (Wildman–Crippen LogP) is 4.23. The van der Waals surface area contributed by atoms with Crippen LogP contribution in [0.2, 0.25) is 0 Å². The molecule has 0 aliphatic heterocycles. The third-order valence-electron chi connectivity index (χ3n) is 4.28. The summed E-state index contributed by atoms with van der Waals surface area (Å²) in [5.41, 5.74) is 0.669. The first-order valence-corrected chi connectivity index (χ1v) is 8.09. The molecule has 0 aromatic carbocycles. The van der Waals surface area contributed by atoms with Crippen molar-refractivity contribution in [1.82, 2.24) is 4.90 Å². The van der Waals surface area contributed by atoms with E-state index in [0.29, 0.717) is 22.2 Å². The van der Waals surface area contributed by atoms with Gasteiger partial charge in [-0.2, -0.15) is 0 Å². The van der Waals surface area contributed by atoms with E-state index in [0.717, 1.165) is 19.4 Å². The summed E-state index contributed by atoms with van der Waals surface area (Å²) in [6.45, 7) is 0.932. The van der Waals surface area contributed by atoms with Gasteiger partial charge < -0.3 is 9.32 Å². The molecule has 2 saturated carbocycles. The van der Waals surface area contributed by atoms with Gasteiger partial charge >= 0.3 is 0 Å². The molecule has 0 N–H and O–H groups in total. The van der Waals surface area contributed by atoms with E-state index in [-0.39, 0.29) is 5.91 Å².